The second-order valence-electron chi connectivity index (χ2n) is 2.02. The summed E-state index contributed by atoms with van der Waals surface area (Å²) in [5, 5.41) is 10.3. The molecular formula is C6H8ClNO2S. The van der Waals surface area contributed by atoms with E-state index in [4.69, 9.17) is 5.11 Å². The van der Waals surface area contributed by atoms with Gasteiger partial charge in [0.15, 0.2) is 5.69 Å². The van der Waals surface area contributed by atoms with Crippen LogP contribution in [-0.4, -0.2) is 11.1 Å². The van der Waals surface area contributed by atoms with Crippen LogP contribution < -0.4 is 17.0 Å². The molecule has 3 nitrogen and oxygen atoms in total. The lowest BCUT2D eigenvalue weighted by atomic mass is 10.5. The maximum absolute atomic E-state index is 10.2. The number of carboxylic acid groups (broad SMARTS) is 1. The Labute approximate surface area is 74.7 Å². The second-order valence-corrected chi connectivity index (χ2v) is 2.74. The minimum atomic E-state index is -0.800. The standard InChI is InChI=1S/C6H7NO2S.ClH/c1-5-3-10-4-7(5)2-6(8)9;/h3-4H,2H2,1H3;1H. The molecule has 1 N–H and O–H groups in total. The molecule has 11 heavy (non-hydrogen) atoms. The number of halogens is 1. The fourth-order valence-corrected chi connectivity index (χ4v) is 1.44. The molecule has 5 heteroatoms. The molecule has 0 saturated heterocycles. The molecule has 0 fully saturated rings. The van der Waals surface area contributed by atoms with Gasteiger partial charge in [-0.05, 0) is 0 Å². The quantitative estimate of drug-likeness (QED) is 0.525. The molecule has 0 saturated carbocycles. The van der Waals surface area contributed by atoms with E-state index >= 15 is 0 Å². The van der Waals surface area contributed by atoms with Crippen molar-refractivity contribution in [3.8, 4) is 0 Å². The highest BCUT2D eigenvalue weighted by molar-refractivity contribution is 7.07. The zero-order valence-corrected chi connectivity index (χ0v) is 7.52. The molecule has 0 unspecified atom stereocenters. The average molecular weight is 194 g/mol. The summed E-state index contributed by atoms with van der Waals surface area (Å²) in [5.74, 6) is -0.800. The summed E-state index contributed by atoms with van der Waals surface area (Å²) in [4.78, 5) is 10.2. The maximum atomic E-state index is 10.2. The number of thiazole rings is 1. The van der Waals surface area contributed by atoms with Gasteiger partial charge in [0.25, 0.3) is 0 Å². The molecule has 0 spiro atoms. The largest absolute Gasteiger partial charge is 1.00 e. The zero-order valence-electron chi connectivity index (χ0n) is 5.95. The SMILES string of the molecule is Cc1csc[n+]1CC(=O)O.[Cl-]. The minimum Gasteiger partial charge on any atom is -1.00 e. The van der Waals surface area contributed by atoms with E-state index in [2.05, 4.69) is 0 Å². The van der Waals surface area contributed by atoms with E-state index in [1.807, 2.05) is 12.3 Å². The van der Waals surface area contributed by atoms with Crippen molar-refractivity contribution in [2.45, 2.75) is 13.5 Å². The fraction of sp³-hybridized carbons (Fsp3) is 0.333. The molecule has 1 rings (SSSR count). The molecule has 0 bridgehead atoms. The first kappa shape index (κ1) is 10.4. The molecule has 0 radical (unpaired) electrons. The van der Waals surface area contributed by atoms with Gasteiger partial charge < -0.3 is 17.5 Å². The van der Waals surface area contributed by atoms with E-state index in [1.54, 1.807) is 10.1 Å². The lowest BCUT2D eigenvalue weighted by Gasteiger charge is -1.86. The van der Waals surface area contributed by atoms with Crippen molar-refractivity contribution in [2.75, 3.05) is 0 Å². The van der Waals surface area contributed by atoms with Crippen LogP contribution >= 0.6 is 11.3 Å². The summed E-state index contributed by atoms with van der Waals surface area (Å²) in [6.45, 7) is 1.95. The van der Waals surface area contributed by atoms with E-state index in [0.717, 1.165) is 5.69 Å². The molecule has 0 amide bonds. The summed E-state index contributed by atoms with van der Waals surface area (Å²) in [7, 11) is 0. The molecule has 0 atom stereocenters. The van der Waals surface area contributed by atoms with Gasteiger partial charge in [-0.1, -0.05) is 11.3 Å². The number of carboxylic acids is 1. The highest BCUT2D eigenvalue weighted by atomic mass is 35.5. The van der Waals surface area contributed by atoms with Crippen LogP contribution in [0, 0.1) is 6.92 Å². The Bertz CT molecular complexity index is 248. The van der Waals surface area contributed by atoms with Gasteiger partial charge in [-0.3, -0.25) is 0 Å². The van der Waals surface area contributed by atoms with Crippen LogP contribution in [0.4, 0.5) is 0 Å². The number of rotatable bonds is 2. The van der Waals surface area contributed by atoms with Gasteiger partial charge in [-0.25, -0.2) is 4.79 Å². The molecule has 0 aliphatic heterocycles. The summed E-state index contributed by atoms with van der Waals surface area (Å²) in [5.41, 5.74) is 2.79. The van der Waals surface area contributed by atoms with Crippen molar-refractivity contribution < 1.29 is 26.9 Å². The van der Waals surface area contributed by atoms with Crippen LogP contribution in [0.3, 0.4) is 0 Å². The summed E-state index contributed by atoms with van der Waals surface area (Å²) in [6, 6.07) is 0. The van der Waals surface area contributed by atoms with Crippen LogP contribution in [0.1, 0.15) is 5.69 Å². The first-order valence-corrected chi connectivity index (χ1v) is 3.78. The lowest BCUT2D eigenvalue weighted by molar-refractivity contribution is -0.686. The number of carbonyl (C=O) groups is 1. The van der Waals surface area contributed by atoms with Crippen molar-refractivity contribution in [3.63, 3.8) is 0 Å². The van der Waals surface area contributed by atoms with E-state index in [1.165, 1.54) is 11.3 Å². The Hall–Kier alpha value is -0.610. The van der Waals surface area contributed by atoms with Crippen molar-refractivity contribution >= 4 is 17.3 Å². The molecule has 0 aliphatic carbocycles. The van der Waals surface area contributed by atoms with Gasteiger partial charge in [0.1, 0.15) is 0 Å². The molecule has 0 aliphatic rings. The topological polar surface area (TPSA) is 41.2 Å². The summed E-state index contributed by atoms with van der Waals surface area (Å²) in [6.07, 6.45) is 0. The Kier molecular flexibility index (Phi) is 4.07. The molecule has 1 aromatic rings. The highest BCUT2D eigenvalue weighted by Crippen LogP contribution is 1.95. The maximum Gasteiger partial charge on any atom is 0.370 e. The number of aliphatic carboxylic acids is 1. The fourth-order valence-electron chi connectivity index (χ4n) is 0.661. The Morgan fingerprint density at radius 2 is 2.45 bits per heavy atom. The lowest BCUT2D eigenvalue weighted by Crippen LogP contribution is -3.00. The molecule has 62 valence electrons. The molecular weight excluding hydrogens is 186 g/mol. The highest BCUT2D eigenvalue weighted by Gasteiger charge is 2.10. The van der Waals surface area contributed by atoms with Crippen LogP contribution in [0.5, 0.6) is 0 Å². The molecule has 0 aromatic carbocycles. The Morgan fingerprint density at radius 1 is 1.82 bits per heavy atom. The number of aromatic nitrogens is 1. The number of nitrogens with zero attached hydrogens (tertiary/aromatic N) is 1. The predicted octanol–water partition coefficient (Wildman–Crippen LogP) is -2.57. The second kappa shape index (κ2) is 4.31. The summed E-state index contributed by atoms with van der Waals surface area (Å²) < 4.78 is 1.70. The van der Waals surface area contributed by atoms with Gasteiger partial charge in [0.05, 0.1) is 5.38 Å². The van der Waals surface area contributed by atoms with Gasteiger partial charge in [0.2, 0.25) is 12.1 Å². The minimum absolute atomic E-state index is 0. The van der Waals surface area contributed by atoms with E-state index in [-0.39, 0.29) is 19.0 Å². The predicted molar refractivity (Wildman–Crippen MR) is 36.9 cm³/mol. The van der Waals surface area contributed by atoms with E-state index in [9.17, 15) is 4.79 Å². The molecule has 1 heterocycles. The zero-order chi connectivity index (χ0) is 7.56. The third kappa shape index (κ3) is 2.86. The Morgan fingerprint density at radius 3 is 2.82 bits per heavy atom. The van der Waals surface area contributed by atoms with Gasteiger partial charge in [-0.15, -0.1) is 0 Å². The third-order valence-electron chi connectivity index (χ3n) is 1.19. The first-order chi connectivity index (χ1) is 4.70. The van der Waals surface area contributed by atoms with Crippen molar-refractivity contribution in [1.82, 2.24) is 0 Å². The van der Waals surface area contributed by atoms with E-state index < -0.39 is 5.97 Å². The normalized spacial score (nSPS) is 8.82. The van der Waals surface area contributed by atoms with Crippen molar-refractivity contribution in [2.24, 2.45) is 0 Å². The Balaban J connectivity index is 0.000001000. The summed E-state index contributed by atoms with van der Waals surface area (Å²) >= 11 is 1.51. The number of aryl methyl sites for hydroxylation is 1. The first-order valence-electron chi connectivity index (χ1n) is 2.84. The van der Waals surface area contributed by atoms with Crippen LogP contribution in [-0.2, 0) is 11.3 Å². The van der Waals surface area contributed by atoms with Gasteiger partial charge >= 0.3 is 5.97 Å². The van der Waals surface area contributed by atoms with Crippen LogP contribution in [0.15, 0.2) is 10.9 Å². The van der Waals surface area contributed by atoms with E-state index in [0.29, 0.717) is 0 Å². The van der Waals surface area contributed by atoms with Gasteiger partial charge in [0, 0.05) is 6.92 Å². The average Bonchev–Trinajstić information content (AvgIpc) is 2.15. The van der Waals surface area contributed by atoms with Crippen molar-refractivity contribution in [1.29, 1.82) is 0 Å². The smallest absolute Gasteiger partial charge is 0.370 e. The van der Waals surface area contributed by atoms with Crippen LogP contribution in [0.2, 0.25) is 0 Å². The number of hydrogen-bond acceptors (Lipinski definition) is 2. The monoisotopic (exact) mass is 193 g/mol. The van der Waals surface area contributed by atoms with Crippen LogP contribution in [0.25, 0.3) is 0 Å². The number of hydrogen-bond donors (Lipinski definition) is 1. The third-order valence-corrected chi connectivity index (χ3v) is 2.04. The van der Waals surface area contributed by atoms with Gasteiger partial charge in [-0.2, -0.15) is 4.57 Å². The molecule has 1 aromatic heterocycles. The van der Waals surface area contributed by atoms with Crippen molar-refractivity contribution in [3.05, 3.63) is 16.6 Å².